The van der Waals surface area contributed by atoms with E-state index >= 15 is 0 Å². The van der Waals surface area contributed by atoms with E-state index < -0.39 is 0 Å². The number of para-hydroxylation sites is 4. The Hall–Kier alpha value is -7.56. The molecule has 56 heavy (non-hydrogen) atoms. The molecule has 0 amide bonds. The molecule has 0 fully saturated rings. The molecule has 12 aromatic rings. The lowest BCUT2D eigenvalue weighted by molar-refractivity contribution is 0.669. The fraction of sp³-hybridized carbons (Fsp3) is 0. The standard InChI is InChI=1S/C52H32N2O2/c1-2-18-39-33(13-1)29-30-44-50-38(22-12-28-49(50)56-51(39)44)34-14-9-15-35(31-34)53(47-26-11-23-43-42-21-5-8-27-48(42)55-52(43)47)36-16-10-17-37(32-36)54-45-24-6-3-19-40(45)41-20-4-7-25-46(41)54/h1-32H. The number of hydrogen-bond acceptors (Lipinski definition) is 3. The van der Waals surface area contributed by atoms with E-state index in [1.165, 1.54) is 27.2 Å². The number of benzene rings is 9. The normalized spacial score (nSPS) is 11.9. The minimum atomic E-state index is 0.844. The average molecular weight is 717 g/mol. The number of nitrogens with zero attached hydrogens (tertiary/aromatic N) is 2. The quantitative estimate of drug-likeness (QED) is 0.178. The fourth-order valence-electron chi connectivity index (χ4n) is 8.91. The first-order valence-electron chi connectivity index (χ1n) is 19.0. The molecule has 0 unspecified atom stereocenters. The van der Waals surface area contributed by atoms with Crippen molar-refractivity contribution in [2.24, 2.45) is 0 Å². The summed E-state index contributed by atoms with van der Waals surface area (Å²) in [5, 5.41) is 9.17. The molecule has 0 saturated heterocycles. The van der Waals surface area contributed by atoms with Crippen molar-refractivity contribution < 1.29 is 8.83 Å². The highest BCUT2D eigenvalue weighted by Gasteiger charge is 2.22. The predicted octanol–water partition coefficient (Wildman–Crippen LogP) is 14.9. The maximum absolute atomic E-state index is 6.71. The molecular weight excluding hydrogens is 685 g/mol. The minimum Gasteiger partial charge on any atom is -0.455 e. The summed E-state index contributed by atoms with van der Waals surface area (Å²) in [5.41, 5.74) is 12.2. The molecule has 0 N–H and O–H groups in total. The van der Waals surface area contributed by atoms with Crippen molar-refractivity contribution in [2.45, 2.75) is 0 Å². The van der Waals surface area contributed by atoms with E-state index in [0.717, 1.165) is 83.1 Å². The summed E-state index contributed by atoms with van der Waals surface area (Å²) in [6, 6.07) is 69.0. The van der Waals surface area contributed by atoms with Gasteiger partial charge >= 0.3 is 0 Å². The Morgan fingerprint density at radius 2 is 1.02 bits per heavy atom. The van der Waals surface area contributed by atoms with Gasteiger partial charge in [-0.25, -0.2) is 0 Å². The van der Waals surface area contributed by atoms with Crippen LogP contribution in [0.15, 0.2) is 203 Å². The number of fused-ring (bicyclic) bond motifs is 11. The van der Waals surface area contributed by atoms with Gasteiger partial charge in [0.2, 0.25) is 0 Å². The van der Waals surface area contributed by atoms with Gasteiger partial charge in [0.15, 0.2) is 5.58 Å². The molecule has 3 heterocycles. The predicted molar refractivity (Wildman–Crippen MR) is 233 cm³/mol. The van der Waals surface area contributed by atoms with Crippen LogP contribution in [0.3, 0.4) is 0 Å². The van der Waals surface area contributed by atoms with Crippen LogP contribution in [0.2, 0.25) is 0 Å². The average Bonchev–Trinajstić information content (AvgIpc) is 3.94. The molecule has 0 saturated carbocycles. The molecule has 0 aliphatic carbocycles. The second-order valence-corrected chi connectivity index (χ2v) is 14.5. The molecule has 12 rings (SSSR count). The first-order valence-corrected chi connectivity index (χ1v) is 19.0. The van der Waals surface area contributed by atoms with Crippen molar-refractivity contribution in [1.82, 2.24) is 4.57 Å². The smallest absolute Gasteiger partial charge is 0.159 e. The van der Waals surface area contributed by atoms with E-state index in [1.54, 1.807) is 0 Å². The van der Waals surface area contributed by atoms with Crippen LogP contribution in [0.25, 0.3) is 93.3 Å². The fourth-order valence-corrected chi connectivity index (χ4v) is 8.91. The Morgan fingerprint density at radius 1 is 0.393 bits per heavy atom. The zero-order chi connectivity index (χ0) is 36.7. The van der Waals surface area contributed by atoms with Gasteiger partial charge in [-0.2, -0.15) is 0 Å². The summed E-state index contributed by atoms with van der Waals surface area (Å²) in [6.45, 7) is 0. The number of furan rings is 2. The molecule has 4 nitrogen and oxygen atoms in total. The lowest BCUT2D eigenvalue weighted by atomic mass is 9.97. The maximum atomic E-state index is 6.71. The van der Waals surface area contributed by atoms with Gasteiger partial charge in [0.1, 0.15) is 16.7 Å². The zero-order valence-electron chi connectivity index (χ0n) is 30.2. The van der Waals surface area contributed by atoms with Gasteiger partial charge in [0.05, 0.1) is 16.7 Å². The molecule has 4 heteroatoms. The molecule has 0 atom stereocenters. The Balaban J connectivity index is 1.10. The molecule has 0 aliphatic rings. The van der Waals surface area contributed by atoms with E-state index in [0.29, 0.717) is 0 Å². The molecule has 9 aromatic carbocycles. The molecule has 0 spiro atoms. The van der Waals surface area contributed by atoms with Gasteiger partial charge < -0.3 is 18.3 Å². The van der Waals surface area contributed by atoms with Crippen molar-refractivity contribution in [3.05, 3.63) is 194 Å². The van der Waals surface area contributed by atoms with Gasteiger partial charge in [0, 0.05) is 54.8 Å². The van der Waals surface area contributed by atoms with Crippen LogP contribution >= 0.6 is 0 Å². The van der Waals surface area contributed by atoms with Gasteiger partial charge in [-0.1, -0.05) is 127 Å². The third kappa shape index (κ3) is 4.53. The second kappa shape index (κ2) is 12.0. The summed E-state index contributed by atoms with van der Waals surface area (Å²) in [4.78, 5) is 2.34. The largest absolute Gasteiger partial charge is 0.455 e. The van der Waals surface area contributed by atoms with E-state index in [4.69, 9.17) is 8.83 Å². The number of rotatable bonds is 5. The summed E-state index contributed by atoms with van der Waals surface area (Å²) < 4.78 is 15.7. The van der Waals surface area contributed by atoms with Crippen molar-refractivity contribution in [2.75, 3.05) is 4.90 Å². The maximum Gasteiger partial charge on any atom is 0.159 e. The first kappa shape index (κ1) is 30.9. The summed E-state index contributed by atoms with van der Waals surface area (Å²) >= 11 is 0. The van der Waals surface area contributed by atoms with Crippen LogP contribution in [0.1, 0.15) is 0 Å². The van der Waals surface area contributed by atoms with E-state index in [9.17, 15) is 0 Å². The van der Waals surface area contributed by atoms with E-state index in [1.807, 2.05) is 12.1 Å². The molecule has 0 aliphatic heterocycles. The molecule has 262 valence electrons. The third-order valence-electron chi connectivity index (χ3n) is 11.4. The summed E-state index contributed by atoms with van der Waals surface area (Å²) in [6.07, 6.45) is 0. The Bertz CT molecular complexity index is 3460. The Labute approximate surface area is 321 Å². The minimum absolute atomic E-state index is 0.844. The topological polar surface area (TPSA) is 34.5 Å². The number of anilines is 3. The van der Waals surface area contributed by atoms with Gasteiger partial charge in [-0.15, -0.1) is 0 Å². The van der Waals surface area contributed by atoms with Crippen molar-refractivity contribution >= 4 is 93.5 Å². The van der Waals surface area contributed by atoms with Crippen LogP contribution < -0.4 is 4.90 Å². The lowest BCUT2D eigenvalue weighted by Gasteiger charge is -2.27. The summed E-state index contributed by atoms with van der Waals surface area (Å²) in [7, 11) is 0. The van der Waals surface area contributed by atoms with Crippen LogP contribution in [-0.2, 0) is 0 Å². The molecule has 0 radical (unpaired) electrons. The number of aromatic nitrogens is 1. The van der Waals surface area contributed by atoms with Crippen LogP contribution in [0, 0.1) is 0 Å². The Kier molecular flexibility index (Phi) is 6.60. The summed E-state index contributed by atoms with van der Waals surface area (Å²) in [5.74, 6) is 0. The molecule has 0 bridgehead atoms. The van der Waals surface area contributed by atoms with Gasteiger partial charge in [-0.3, -0.25) is 0 Å². The SMILES string of the molecule is c1cc(-c2cccc3oc4c5ccccc5ccc4c23)cc(N(c2cccc(-n3c4ccccc4c4ccccc43)c2)c2cccc3c2oc2ccccc23)c1. The van der Waals surface area contributed by atoms with Gasteiger partial charge in [-0.05, 0) is 83.2 Å². The molecular formula is C52H32N2O2. The highest BCUT2D eigenvalue weighted by Crippen LogP contribution is 2.45. The van der Waals surface area contributed by atoms with Crippen LogP contribution in [-0.4, -0.2) is 4.57 Å². The third-order valence-corrected chi connectivity index (χ3v) is 11.4. The van der Waals surface area contributed by atoms with Crippen molar-refractivity contribution in [1.29, 1.82) is 0 Å². The van der Waals surface area contributed by atoms with Crippen molar-refractivity contribution in [3.63, 3.8) is 0 Å². The van der Waals surface area contributed by atoms with E-state index in [2.05, 4.69) is 191 Å². The number of hydrogen-bond donors (Lipinski definition) is 0. The first-order chi connectivity index (χ1) is 27.8. The van der Waals surface area contributed by atoms with Gasteiger partial charge in [0.25, 0.3) is 0 Å². The van der Waals surface area contributed by atoms with E-state index in [-0.39, 0.29) is 0 Å². The Morgan fingerprint density at radius 3 is 1.86 bits per heavy atom. The lowest BCUT2D eigenvalue weighted by Crippen LogP contribution is -2.11. The second-order valence-electron chi connectivity index (χ2n) is 14.5. The van der Waals surface area contributed by atoms with Crippen LogP contribution in [0.5, 0.6) is 0 Å². The van der Waals surface area contributed by atoms with Crippen molar-refractivity contribution in [3.8, 4) is 16.8 Å². The van der Waals surface area contributed by atoms with Crippen LogP contribution in [0.4, 0.5) is 17.1 Å². The monoisotopic (exact) mass is 716 g/mol. The highest BCUT2D eigenvalue weighted by atomic mass is 16.3. The molecule has 3 aromatic heterocycles. The zero-order valence-corrected chi connectivity index (χ0v) is 30.2. The highest BCUT2D eigenvalue weighted by molar-refractivity contribution is 6.19.